The van der Waals surface area contributed by atoms with Crippen molar-refractivity contribution in [2.75, 3.05) is 13.1 Å². The fourth-order valence-electron chi connectivity index (χ4n) is 4.12. The van der Waals surface area contributed by atoms with Crippen LogP contribution in [0.5, 0.6) is 0 Å². The molecule has 6 heteroatoms. The summed E-state index contributed by atoms with van der Waals surface area (Å²) >= 11 is 0. The molecule has 1 amide bonds. The summed E-state index contributed by atoms with van der Waals surface area (Å²) in [5.74, 6) is -0.0245. The summed E-state index contributed by atoms with van der Waals surface area (Å²) in [6, 6.07) is 3.02. The third-order valence-corrected chi connectivity index (χ3v) is 5.63. The highest BCUT2D eigenvalue weighted by Gasteiger charge is 2.34. The molecule has 2 saturated carbocycles. The number of imidazole rings is 1. The molecular formula is C18H25N5O. The van der Waals surface area contributed by atoms with E-state index in [9.17, 15) is 10.1 Å². The molecule has 128 valence electrons. The second-order valence-electron chi connectivity index (χ2n) is 7.54. The van der Waals surface area contributed by atoms with E-state index < -0.39 is 5.54 Å². The second-order valence-corrected chi connectivity index (χ2v) is 7.54. The minimum absolute atomic E-state index is 0.0245. The third kappa shape index (κ3) is 3.05. The van der Waals surface area contributed by atoms with Gasteiger partial charge in [0, 0.05) is 31.2 Å². The largest absolute Gasteiger partial charge is 0.337 e. The van der Waals surface area contributed by atoms with E-state index in [1.165, 1.54) is 18.5 Å². The van der Waals surface area contributed by atoms with Crippen molar-refractivity contribution in [2.45, 2.75) is 69.5 Å². The monoisotopic (exact) mass is 327 g/mol. The van der Waals surface area contributed by atoms with Crippen molar-refractivity contribution in [1.82, 2.24) is 19.8 Å². The first-order chi connectivity index (χ1) is 11.7. The summed E-state index contributed by atoms with van der Waals surface area (Å²) < 4.78 is 2.33. The third-order valence-electron chi connectivity index (χ3n) is 5.63. The Labute approximate surface area is 142 Å². The molecule has 2 heterocycles. The first kappa shape index (κ1) is 15.6. The Kier molecular flexibility index (Phi) is 4.05. The Bertz CT molecular complexity index is 663. The Balaban J connectivity index is 1.35. The van der Waals surface area contributed by atoms with Gasteiger partial charge >= 0.3 is 0 Å². The van der Waals surface area contributed by atoms with Crippen LogP contribution in [0.3, 0.4) is 0 Å². The minimum Gasteiger partial charge on any atom is -0.337 e. The van der Waals surface area contributed by atoms with Gasteiger partial charge in [0.15, 0.2) is 0 Å². The number of amides is 1. The number of carbonyl (C=O) groups excluding carboxylic acids is 1. The van der Waals surface area contributed by atoms with Crippen LogP contribution in [0.4, 0.5) is 0 Å². The number of nitrogens with one attached hydrogen (secondary N) is 1. The molecule has 3 aliphatic rings. The summed E-state index contributed by atoms with van der Waals surface area (Å²) in [6.07, 6.45) is 10.3. The van der Waals surface area contributed by atoms with E-state index in [2.05, 4.69) is 25.8 Å². The second kappa shape index (κ2) is 6.21. The zero-order valence-corrected chi connectivity index (χ0v) is 14.1. The van der Waals surface area contributed by atoms with Crippen LogP contribution in [0.2, 0.25) is 0 Å². The van der Waals surface area contributed by atoms with Crippen LogP contribution in [0.25, 0.3) is 0 Å². The number of rotatable bonds is 4. The van der Waals surface area contributed by atoms with Crippen LogP contribution in [0.1, 0.15) is 62.4 Å². The van der Waals surface area contributed by atoms with Crippen molar-refractivity contribution in [3.05, 3.63) is 17.7 Å². The van der Waals surface area contributed by atoms with E-state index in [-0.39, 0.29) is 5.91 Å². The molecule has 4 rings (SSSR count). The van der Waals surface area contributed by atoms with Crippen LogP contribution >= 0.6 is 0 Å². The molecule has 1 aromatic heterocycles. The minimum atomic E-state index is -0.635. The smallest absolute Gasteiger partial charge is 0.235 e. The SMILES string of the molecule is N#CC1(NC(=O)CN2CCc3c(ncn3C3CC3)C2)CCCCC1. The highest BCUT2D eigenvalue weighted by atomic mass is 16.2. The van der Waals surface area contributed by atoms with E-state index in [0.29, 0.717) is 12.6 Å². The molecule has 6 nitrogen and oxygen atoms in total. The number of aromatic nitrogens is 2. The summed E-state index contributed by atoms with van der Waals surface area (Å²) in [7, 11) is 0. The van der Waals surface area contributed by atoms with Crippen LogP contribution in [0.15, 0.2) is 6.33 Å². The number of carbonyl (C=O) groups is 1. The fourth-order valence-corrected chi connectivity index (χ4v) is 4.12. The Morgan fingerprint density at radius 2 is 2.17 bits per heavy atom. The van der Waals surface area contributed by atoms with Gasteiger partial charge in [-0.05, 0) is 25.7 Å². The maximum Gasteiger partial charge on any atom is 0.235 e. The van der Waals surface area contributed by atoms with E-state index in [1.54, 1.807) is 0 Å². The lowest BCUT2D eigenvalue weighted by atomic mass is 9.83. The molecule has 0 atom stereocenters. The van der Waals surface area contributed by atoms with Crippen LogP contribution in [-0.2, 0) is 17.8 Å². The van der Waals surface area contributed by atoms with Gasteiger partial charge in [-0.1, -0.05) is 19.3 Å². The number of fused-ring (bicyclic) bond motifs is 1. The number of nitriles is 1. The van der Waals surface area contributed by atoms with Crippen LogP contribution in [0, 0.1) is 11.3 Å². The van der Waals surface area contributed by atoms with Crippen molar-refractivity contribution in [2.24, 2.45) is 0 Å². The van der Waals surface area contributed by atoms with Gasteiger partial charge in [-0.25, -0.2) is 4.98 Å². The summed E-state index contributed by atoms with van der Waals surface area (Å²) in [4.78, 5) is 19.2. The maximum absolute atomic E-state index is 12.4. The van der Waals surface area contributed by atoms with Crippen LogP contribution in [-0.4, -0.2) is 39.0 Å². The molecule has 0 unspecified atom stereocenters. The van der Waals surface area contributed by atoms with E-state index in [4.69, 9.17) is 0 Å². The standard InChI is InChI=1S/C18H25N5O/c19-12-18(7-2-1-3-8-18)21-17(24)11-22-9-6-16-15(10-22)20-13-23(16)14-4-5-14/h13-14H,1-11H2,(H,21,24). The van der Waals surface area contributed by atoms with Gasteiger partial charge in [-0.2, -0.15) is 5.26 Å². The molecule has 1 aromatic rings. The quantitative estimate of drug-likeness (QED) is 0.917. The van der Waals surface area contributed by atoms with Crippen LogP contribution < -0.4 is 5.32 Å². The predicted molar refractivity (Wildman–Crippen MR) is 89.1 cm³/mol. The average molecular weight is 327 g/mol. The predicted octanol–water partition coefficient (Wildman–Crippen LogP) is 1.92. The lowest BCUT2D eigenvalue weighted by Crippen LogP contribution is -2.52. The molecular weight excluding hydrogens is 302 g/mol. The van der Waals surface area contributed by atoms with Gasteiger partial charge < -0.3 is 9.88 Å². The van der Waals surface area contributed by atoms with Gasteiger partial charge in [0.25, 0.3) is 0 Å². The molecule has 1 aliphatic heterocycles. The lowest BCUT2D eigenvalue weighted by Gasteiger charge is -2.33. The topological polar surface area (TPSA) is 74.0 Å². The molecule has 0 spiro atoms. The van der Waals surface area contributed by atoms with Gasteiger partial charge in [0.05, 0.1) is 24.6 Å². The summed E-state index contributed by atoms with van der Waals surface area (Å²) in [5, 5.41) is 12.5. The van der Waals surface area contributed by atoms with Crippen molar-refractivity contribution in [3.63, 3.8) is 0 Å². The first-order valence-electron chi connectivity index (χ1n) is 9.18. The average Bonchev–Trinajstić information content (AvgIpc) is 3.35. The van der Waals surface area contributed by atoms with Crippen molar-refractivity contribution in [1.29, 1.82) is 5.26 Å². The summed E-state index contributed by atoms with van der Waals surface area (Å²) in [6.45, 7) is 1.99. The van der Waals surface area contributed by atoms with Crippen molar-refractivity contribution in [3.8, 4) is 6.07 Å². The number of nitrogens with zero attached hydrogens (tertiary/aromatic N) is 4. The van der Waals surface area contributed by atoms with Crippen molar-refractivity contribution >= 4 is 5.91 Å². The molecule has 24 heavy (non-hydrogen) atoms. The Morgan fingerprint density at radius 1 is 1.38 bits per heavy atom. The first-order valence-corrected chi connectivity index (χ1v) is 9.18. The van der Waals surface area contributed by atoms with Gasteiger partial charge in [-0.15, -0.1) is 0 Å². The molecule has 2 fully saturated rings. The molecule has 0 saturated heterocycles. The van der Waals surface area contributed by atoms with E-state index in [0.717, 1.165) is 57.3 Å². The van der Waals surface area contributed by atoms with Gasteiger partial charge in [-0.3, -0.25) is 9.69 Å². The molecule has 2 aliphatic carbocycles. The molecule has 0 aromatic carbocycles. The highest BCUT2D eigenvalue weighted by molar-refractivity contribution is 5.79. The molecule has 1 N–H and O–H groups in total. The maximum atomic E-state index is 12.4. The van der Waals surface area contributed by atoms with E-state index >= 15 is 0 Å². The van der Waals surface area contributed by atoms with Gasteiger partial charge in [0.1, 0.15) is 5.54 Å². The summed E-state index contributed by atoms with van der Waals surface area (Å²) in [5.41, 5.74) is 1.84. The lowest BCUT2D eigenvalue weighted by molar-refractivity contribution is -0.124. The fraction of sp³-hybridized carbons (Fsp3) is 0.722. The zero-order chi connectivity index (χ0) is 16.6. The number of hydrogen-bond donors (Lipinski definition) is 1. The number of hydrogen-bond acceptors (Lipinski definition) is 4. The molecule has 0 bridgehead atoms. The Morgan fingerprint density at radius 3 is 2.88 bits per heavy atom. The van der Waals surface area contributed by atoms with Gasteiger partial charge in [0.2, 0.25) is 5.91 Å². The normalized spacial score (nSPS) is 23.3. The Hall–Kier alpha value is -1.87. The highest BCUT2D eigenvalue weighted by Crippen LogP contribution is 2.37. The van der Waals surface area contributed by atoms with Crippen molar-refractivity contribution < 1.29 is 4.79 Å². The molecule has 0 radical (unpaired) electrons. The van der Waals surface area contributed by atoms with E-state index in [1.807, 2.05) is 6.33 Å². The zero-order valence-electron chi connectivity index (χ0n) is 14.1.